The van der Waals surface area contributed by atoms with Gasteiger partial charge in [-0.2, -0.15) is 13.2 Å². The van der Waals surface area contributed by atoms with Crippen LogP contribution in [0.1, 0.15) is 25.0 Å². The van der Waals surface area contributed by atoms with E-state index < -0.39 is 29.5 Å². The van der Waals surface area contributed by atoms with E-state index in [1.165, 1.54) is 56.5 Å². The first kappa shape index (κ1) is 18.6. The molecule has 0 radical (unpaired) electrons. The van der Waals surface area contributed by atoms with Crippen molar-refractivity contribution in [1.82, 2.24) is 4.98 Å². The SMILES string of the molecule is CC1(C)OC(=O)C(=Cc2ccc(-c3ncccc3C(F)(F)F)cc2)C(=O)O1. The van der Waals surface area contributed by atoms with Crippen molar-refractivity contribution in [2.24, 2.45) is 0 Å². The van der Waals surface area contributed by atoms with Crippen molar-refractivity contribution < 1.29 is 32.2 Å². The third kappa shape index (κ3) is 3.99. The molecule has 1 aliphatic heterocycles. The van der Waals surface area contributed by atoms with Crippen LogP contribution in [0, 0.1) is 0 Å². The fraction of sp³-hybridized carbons (Fsp3) is 0.211. The van der Waals surface area contributed by atoms with Gasteiger partial charge >= 0.3 is 18.1 Å². The van der Waals surface area contributed by atoms with Gasteiger partial charge in [0.15, 0.2) is 0 Å². The van der Waals surface area contributed by atoms with Crippen LogP contribution in [0.5, 0.6) is 0 Å². The maximum absolute atomic E-state index is 13.1. The Kier molecular flexibility index (Phi) is 4.51. The lowest BCUT2D eigenvalue weighted by atomic mass is 10.0. The second-order valence-electron chi connectivity index (χ2n) is 6.26. The minimum absolute atomic E-state index is 0.206. The van der Waals surface area contributed by atoms with Gasteiger partial charge in [0.25, 0.3) is 5.79 Å². The number of alkyl halides is 3. The van der Waals surface area contributed by atoms with Crippen molar-refractivity contribution in [3.05, 3.63) is 59.3 Å². The molecule has 0 saturated carbocycles. The molecule has 0 atom stereocenters. The standard InChI is InChI=1S/C19H14F3NO4/c1-18(2)26-16(24)13(17(25)27-18)10-11-5-7-12(8-6-11)15-14(19(20,21)22)4-3-9-23-15/h3-10H,1-2H3. The van der Waals surface area contributed by atoms with E-state index in [1.54, 1.807) is 0 Å². The third-order valence-electron chi connectivity index (χ3n) is 3.73. The van der Waals surface area contributed by atoms with Crippen LogP contribution < -0.4 is 0 Å². The van der Waals surface area contributed by atoms with Gasteiger partial charge in [0.1, 0.15) is 5.57 Å². The molecular formula is C19H14F3NO4. The molecule has 0 N–H and O–H groups in total. The Morgan fingerprint density at radius 2 is 1.59 bits per heavy atom. The number of pyridine rings is 1. The number of esters is 2. The van der Waals surface area contributed by atoms with Gasteiger partial charge in [0.2, 0.25) is 0 Å². The first-order valence-corrected chi connectivity index (χ1v) is 7.88. The van der Waals surface area contributed by atoms with Crippen LogP contribution in [0.25, 0.3) is 17.3 Å². The van der Waals surface area contributed by atoms with Crippen molar-refractivity contribution in [1.29, 1.82) is 0 Å². The molecule has 5 nitrogen and oxygen atoms in total. The minimum Gasteiger partial charge on any atom is -0.419 e. The fourth-order valence-electron chi connectivity index (χ4n) is 2.55. The maximum atomic E-state index is 13.1. The van der Waals surface area contributed by atoms with Crippen LogP contribution in [-0.4, -0.2) is 22.7 Å². The van der Waals surface area contributed by atoms with Gasteiger partial charge < -0.3 is 9.47 Å². The molecule has 2 heterocycles. The number of rotatable bonds is 2. The molecular weight excluding hydrogens is 363 g/mol. The number of ether oxygens (including phenoxy) is 2. The molecule has 1 aromatic heterocycles. The van der Waals surface area contributed by atoms with Crippen LogP contribution in [0.2, 0.25) is 0 Å². The number of benzene rings is 1. The molecule has 27 heavy (non-hydrogen) atoms. The van der Waals surface area contributed by atoms with E-state index in [0.29, 0.717) is 5.56 Å². The number of nitrogens with zero attached hydrogens (tertiary/aromatic N) is 1. The van der Waals surface area contributed by atoms with Gasteiger partial charge in [0, 0.05) is 25.6 Å². The Morgan fingerprint density at radius 1 is 1.00 bits per heavy atom. The lowest BCUT2D eigenvalue weighted by Gasteiger charge is -2.29. The van der Waals surface area contributed by atoms with Gasteiger partial charge in [-0.25, -0.2) is 9.59 Å². The molecule has 1 fully saturated rings. The average molecular weight is 377 g/mol. The molecule has 0 aliphatic carbocycles. The highest BCUT2D eigenvalue weighted by Crippen LogP contribution is 2.35. The van der Waals surface area contributed by atoms with Crippen molar-refractivity contribution in [2.75, 3.05) is 0 Å². The van der Waals surface area contributed by atoms with E-state index in [-0.39, 0.29) is 16.8 Å². The summed E-state index contributed by atoms with van der Waals surface area (Å²) in [5, 5.41) is 0. The van der Waals surface area contributed by atoms with Crippen molar-refractivity contribution in [3.63, 3.8) is 0 Å². The number of carbonyl (C=O) groups is 2. The maximum Gasteiger partial charge on any atom is 0.418 e. The summed E-state index contributed by atoms with van der Waals surface area (Å²) in [6, 6.07) is 7.96. The van der Waals surface area contributed by atoms with E-state index >= 15 is 0 Å². The fourth-order valence-corrected chi connectivity index (χ4v) is 2.55. The molecule has 0 unspecified atom stereocenters. The van der Waals surface area contributed by atoms with E-state index in [2.05, 4.69) is 4.98 Å². The Balaban J connectivity index is 1.92. The van der Waals surface area contributed by atoms with Gasteiger partial charge in [-0.05, 0) is 23.8 Å². The molecule has 8 heteroatoms. The monoisotopic (exact) mass is 377 g/mol. The number of carbonyl (C=O) groups excluding carboxylic acids is 2. The molecule has 2 aromatic rings. The Bertz CT molecular complexity index is 909. The highest BCUT2D eigenvalue weighted by atomic mass is 19.4. The first-order chi connectivity index (χ1) is 12.6. The quantitative estimate of drug-likeness (QED) is 0.450. The van der Waals surface area contributed by atoms with E-state index in [0.717, 1.165) is 6.07 Å². The van der Waals surface area contributed by atoms with Crippen molar-refractivity contribution in [3.8, 4) is 11.3 Å². The number of hydrogen-bond donors (Lipinski definition) is 0. The highest BCUT2D eigenvalue weighted by Gasteiger charge is 2.39. The number of cyclic esters (lactones) is 2. The van der Waals surface area contributed by atoms with Crippen LogP contribution in [0.4, 0.5) is 13.2 Å². The summed E-state index contributed by atoms with van der Waals surface area (Å²) >= 11 is 0. The summed E-state index contributed by atoms with van der Waals surface area (Å²) in [5.41, 5.74) is -0.678. The van der Waals surface area contributed by atoms with Crippen molar-refractivity contribution in [2.45, 2.75) is 25.8 Å². The van der Waals surface area contributed by atoms with Crippen LogP contribution in [0.15, 0.2) is 48.2 Å². The zero-order valence-electron chi connectivity index (χ0n) is 14.3. The molecule has 0 bridgehead atoms. The smallest absolute Gasteiger partial charge is 0.418 e. The summed E-state index contributed by atoms with van der Waals surface area (Å²) in [7, 11) is 0. The Hall–Kier alpha value is -3.16. The first-order valence-electron chi connectivity index (χ1n) is 7.88. The summed E-state index contributed by atoms with van der Waals surface area (Å²) in [6.45, 7) is 2.86. The number of aromatic nitrogens is 1. The average Bonchev–Trinajstić information content (AvgIpc) is 2.57. The molecule has 3 rings (SSSR count). The second kappa shape index (κ2) is 6.53. The molecule has 140 valence electrons. The predicted molar refractivity (Wildman–Crippen MR) is 88.9 cm³/mol. The molecule has 1 saturated heterocycles. The number of hydrogen-bond acceptors (Lipinski definition) is 5. The molecule has 0 spiro atoms. The van der Waals surface area contributed by atoms with Gasteiger partial charge in [-0.3, -0.25) is 4.98 Å². The lowest BCUT2D eigenvalue weighted by Crippen LogP contribution is -2.41. The summed E-state index contributed by atoms with van der Waals surface area (Å²) < 4.78 is 49.3. The summed E-state index contributed by atoms with van der Waals surface area (Å²) in [5.74, 6) is -3.00. The topological polar surface area (TPSA) is 65.5 Å². The summed E-state index contributed by atoms with van der Waals surface area (Å²) in [4.78, 5) is 27.7. The Morgan fingerprint density at radius 3 is 2.15 bits per heavy atom. The van der Waals surface area contributed by atoms with Crippen molar-refractivity contribution >= 4 is 18.0 Å². The van der Waals surface area contributed by atoms with E-state index in [4.69, 9.17) is 9.47 Å². The van der Waals surface area contributed by atoms with Crippen LogP contribution >= 0.6 is 0 Å². The predicted octanol–water partition coefficient (Wildman–Crippen LogP) is 3.99. The third-order valence-corrected chi connectivity index (χ3v) is 3.73. The van der Waals surface area contributed by atoms with Gasteiger partial charge in [-0.15, -0.1) is 0 Å². The van der Waals surface area contributed by atoms with E-state index in [9.17, 15) is 22.8 Å². The van der Waals surface area contributed by atoms with Gasteiger partial charge in [0.05, 0.1) is 11.3 Å². The molecule has 0 amide bonds. The number of halogens is 3. The zero-order chi connectivity index (χ0) is 19.8. The largest absolute Gasteiger partial charge is 0.419 e. The van der Waals surface area contributed by atoms with E-state index in [1.807, 2.05) is 0 Å². The normalized spacial score (nSPS) is 16.6. The van der Waals surface area contributed by atoms with Crippen LogP contribution in [-0.2, 0) is 25.2 Å². The summed E-state index contributed by atoms with van der Waals surface area (Å²) in [6.07, 6.45) is -2.00. The minimum atomic E-state index is -4.54. The van der Waals surface area contributed by atoms with Gasteiger partial charge in [-0.1, -0.05) is 24.3 Å². The second-order valence-corrected chi connectivity index (χ2v) is 6.26. The van der Waals surface area contributed by atoms with Crippen LogP contribution in [0.3, 0.4) is 0 Å². The molecule has 1 aliphatic rings. The molecule has 1 aromatic carbocycles. The lowest BCUT2D eigenvalue weighted by molar-refractivity contribution is -0.222. The highest BCUT2D eigenvalue weighted by molar-refractivity contribution is 6.18. The Labute approximate surface area is 152 Å². The zero-order valence-corrected chi connectivity index (χ0v) is 14.3.